The third kappa shape index (κ3) is 4.88. The molecule has 2 aliphatic heterocycles. The van der Waals surface area contributed by atoms with Crippen molar-refractivity contribution in [1.82, 2.24) is 0 Å². The average Bonchev–Trinajstić information content (AvgIpc) is 2.84. The molecule has 1 saturated heterocycles. The van der Waals surface area contributed by atoms with Crippen molar-refractivity contribution in [3.8, 4) is 11.5 Å². The fourth-order valence-electron chi connectivity index (χ4n) is 5.25. The number of rotatable bonds is 8. The normalized spacial score (nSPS) is 35.8. The molecule has 0 spiro atoms. The number of unbranched alkanes of at least 4 members (excludes halogenated alkanes) is 2. The van der Waals surface area contributed by atoms with E-state index < -0.39 is 36.0 Å². The second kappa shape index (κ2) is 10.2. The molecule has 0 amide bonds. The molecule has 0 saturated carbocycles. The van der Waals surface area contributed by atoms with E-state index in [1.54, 1.807) is 12.1 Å². The van der Waals surface area contributed by atoms with Crippen LogP contribution in [-0.4, -0.2) is 70.1 Å². The van der Waals surface area contributed by atoms with Gasteiger partial charge in [0, 0.05) is 24.5 Å². The van der Waals surface area contributed by atoms with Gasteiger partial charge in [-0.1, -0.05) is 56.1 Å². The Morgan fingerprint density at radius 3 is 2.69 bits per heavy atom. The SMILES string of the molecule is CCCCC[C@]1(O)[C@H](O)[C@@H](C(C)(O)OC)O[C@@H](Oc2cccc3c2[C@@H]2C=C(C)C=C[C@H]2CO3)[C@@H]1O. The molecule has 0 bridgehead atoms. The molecule has 8 heteroatoms. The van der Waals surface area contributed by atoms with Gasteiger partial charge in [-0.15, -0.1) is 0 Å². The highest BCUT2D eigenvalue weighted by Crippen LogP contribution is 2.47. The summed E-state index contributed by atoms with van der Waals surface area (Å²) in [4.78, 5) is 0. The predicted octanol–water partition coefficient (Wildman–Crippen LogP) is 2.79. The molecule has 1 aromatic rings. The van der Waals surface area contributed by atoms with Gasteiger partial charge in [-0.3, -0.25) is 0 Å². The van der Waals surface area contributed by atoms with E-state index in [0.717, 1.165) is 24.0 Å². The lowest BCUT2D eigenvalue weighted by atomic mass is 9.78. The topological polar surface area (TPSA) is 118 Å². The number of aliphatic hydroxyl groups is 4. The Kier molecular flexibility index (Phi) is 7.62. The van der Waals surface area contributed by atoms with Crippen molar-refractivity contribution in [2.24, 2.45) is 5.92 Å². The van der Waals surface area contributed by atoms with Gasteiger partial charge in [-0.05, 0) is 32.4 Å². The molecule has 4 N–H and O–H groups in total. The number of benzene rings is 1. The van der Waals surface area contributed by atoms with Crippen LogP contribution in [0.15, 0.2) is 42.0 Å². The fraction of sp³-hybridized carbons (Fsp3) is 0.630. The van der Waals surface area contributed by atoms with E-state index in [-0.39, 0.29) is 18.3 Å². The molecule has 1 fully saturated rings. The second-order valence-electron chi connectivity index (χ2n) is 10.1. The number of hydrogen-bond donors (Lipinski definition) is 4. The van der Waals surface area contributed by atoms with Crippen LogP contribution in [0.1, 0.15) is 57.9 Å². The molecule has 3 aliphatic rings. The Balaban J connectivity index is 1.69. The summed E-state index contributed by atoms with van der Waals surface area (Å²) in [5.74, 6) is -0.635. The number of ether oxygens (including phenoxy) is 4. The van der Waals surface area contributed by atoms with Gasteiger partial charge in [-0.25, -0.2) is 0 Å². The van der Waals surface area contributed by atoms with Crippen LogP contribution in [0.4, 0.5) is 0 Å². The minimum absolute atomic E-state index is 0.0209. The zero-order valence-electron chi connectivity index (χ0n) is 20.9. The fourth-order valence-corrected chi connectivity index (χ4v) is 5.25. The molecule has 8 atom stereocenters. The molecule has 1 unspecified atom stereocenters. The minimum atomic E-state index is -1.97. The lowest BCUT2D eigenvalue weighted by molar-refractivity contribution is -0.367. The summed E-state index contributed by atoms with van der Waals surface area (Å²) in [5, 5.41) is 44.5. The Labute approximate surface area is 206 Å². The maximum atomic E-state index is 11.5. The molecule has 194 valence electrons. The third-order valence-corrected chi connectivity index (χ3v) is 7.52. The number of hydrogen-bond acceptors (Lipinski definition) is 8. The molecule has 0 radical (unpaired) electrons. The van der Waals surface area contributed by atoms with Crippen LogP contribution in [0.2, 0.25) is 0 Å². The van der Waals surface area contributed by atoms with Crippen LogP contribution in [0.25, 0.3) is 0 Å². The van der Waals surface area contributed by atoms with Gasteiger partial charge >= 0.3 is 0 Å². The molecule has 2 heterocycles. The van der Waals surface area contributed by atoms with Crippen LogP contribution in [0.5, 0.6) is 11.5 Å². The second-order valence-corrected chi connectivity index (χ2v) is 10.1. The van der Waals surface area contributed by atoms with Crippen molar-refractivity contribution in [2.45, 2.75) is 88.4 Å². The summed E-state index contributed by atoms with van der Waals surface area (Å²) >= 11 is 0. The molecule has 4 rings (SSSR count). The Morgan fingerprint density at radius 1 is 1.20 bits per heavy atom. The van der Waals surface area contributed by atoms with Gasteiger partial charge in [0.25, 0.3) is 0 Å². The molecule has 35 heavy (non-hydrogen) atoms. The van der Waals surface area contributed by atoms with E-state index >= 15 is 0 Å². The van der Waals surface area contributed by atoms with Crippen molar-refractivity contribution in [1.29, 1.82) is 0 Å². The van der Waals surface area contributed by atoms with Gasteiger partial charge in [0.1, 0.15) is 35.4 Å². The highest BCUT2D eigenvalue weighted by molar-refractivity contribution is 5.52. The van der Waals surface area contributed by atoms with Crippen LogP contribution in [-0.2, 0) is 9.47 Å². The minimum Gasteiger partial charge on any atom is -0.492 e. The van der Waals surface area contributed by atoms with E-state index in [0.29, 0.717) is 24.5 Å². The van der Waals surface area contributed by atoms with Crippen LogP contribution in [0, 0.1) is 5.92 Å². The van der Waals surface area contributed by atoms with Crippen molar-refractivity contribution in [3.63, 3.8) is 0 Å². The number of allylic oxidation sites excluding steroid dienone is 3. The molecule has 1 aliphatic carbocycles. The quantitative estimate of drug-likeness (QED) is 0.325. The van der Waals surface area contributed by atoms with Crippen molar-refractivity contribution in [2.75, 3.05) is 13.7 Å². The molecule has 1 aromatic carbocycles. The number of methoxy groups -OCH3 is 1. The monoisotopic (exact) mass is 490 g/mol. The summed E-state index contributed by atoms with van der Waals surface area (Å²) in [5.41, 5.74) is -0.00474. The summed E-state index contributed by atoms with van der Waals surface area (Å²) in [6.07, 6.45) is 2.85. The van der Waals surface area contributed by atoms with Crippen molar-refractivity contribution >= 4 is 0 Å². The zero-order valence-corrected chi connectivity index (χ0v) is 20.9. The molecular weight excluding hydrogens is 452 g/mol. The summed E-state index contributed by atoms with van der Waals surface area (Å²) in [7, 11) is 1.28. The summed E-state index contributed by atoms with van der Waals surface area (Å²) in [6, 6.07) is 5.44. The zero-order chi connectivity index (χ0) is 25.4. The lowest BCUT2D eigenvalue weighted by Crippen LogP contribution is -2.71. The van der Waals surface area contributed by atoms with Crippen molar-refractivity contribution in [3.05, 3.63) is 47.6 Å². The standard InChI is InChI=1S/C27H38O8/c1-5-6-7-13-27(31)22(28)24(26(3,30)32-4)35-25(23(27)29)34-20-10-8-9-19-21(20)18-14-16(2)11-12-17(18)15-33-19/h8-12,14,17-18,22-25,28-31H,5-7,13,15H2,1-4H3/t17-,18+,22+,23-,24-,25+,26?,27-/m0/s1. The predicted molar refractivity (Wildman–Crippen MR) is 129 cm³/mol. The first-order chi connectivity index (χ1) is 16.6. The first-order valence-electron chi connectivity index (χ1n) is 12.4. The first kappa shape index (κ1) is 26.1. The largest absolute Gasteiger partial charge is 0.492 e. The molecule has 8 nitrogen and oxygen atoms in total. The van der Waals surface area contributed by atoms with E-state index in [2.05, 4.69) is 18.2 Å². The third-order valence-electron chi connectivity index (χ3n) is 7.52. The van der Waals surface area contributed by atoms with Crippen molar-refractivity contribution < 1.29 is 39.4 Å². The van der Waals surface area contributed by atoms with Gasteiger partial charge in [0.15, 0.2) is 5.79 Å². The van der Waals surface area contributed by atoms with Gasteiger partial charge in [-0.2, -0.15) is 0 Å². The highest BCUT2D eigenvalue weighted by Gasteiger charge is 2.60. The van der Waals surface area contributed by atoms with Crippen LogP contribution < -0.4 is 9.47 Å². The van der Waals surface area contributed by atoms with Crippen LogP contribution >= 0.6 is 0 Å². The Hall–Kier alpha value is -1.94. The highest BCUT2D eigenvalue weighted by atomic mass is 16.7. The van der Waals surface area contributed by atoms with E-state index in [9.17, 15) is 20.4 Å². The Morgan fingerprint density at radius 2 is 1.97 bits per heavy atom. The smallest absolute Gasteiger partial charge is 0.229 e. The van der Waals surface area contributed by atoms with E-state index in [1.807, 2.05) is 19.9 Å². The summed E-state index contributed by atoms with van der Waals surface area (Å²) in [6.45, 7) is 5.95. The number of fused-ring (bicyclic) bond motifs is 3. The van der Waals surface area contributed by atoms with E-state index in [1.165, 1.54) is 14.0 Å². The Bertz CT molecular complexity index is 956. The molecule has 0 aromatic heterocycles. The van der Waals surface area contributed by atoms with Gasteiger partial charge in [0.05, 0.1) is 6.61 Å². The maximum Gasteiger partial charge on any atom is 0.229 e. The van der Waals surface area contributed by atoms with E-state index in [4.69, 9.17) is 18.9 Å². The van der Waals surface area contributed by atoms with Gasteiger partial charge < -0.3 is 39.4 Å². The van der Waals surface area contributed by atoms with Crippen LogP contribution in [0.3, 0.4) is 0 Å². The first-order valence-corrected chi connectivity index (χ1v) is 12.4. The lowest BCUT2D eigenvalue weighted by Gasteiger charge is -2.51. The summed E-state index contributed by atoms with van der Waals surface area (Å²) < 4.78 is 23.3. The maximum absolute atomic E-state index is 11.5. The van der Waals surface area contributed by atoms with Gasteiger partial charge in [0.2, 0.25) is 6.29 Å². The number of aliphatic hydroxyl groups excluding tert-OH is 2. The molecular formula is C27H38O8. The average molecular weight is 491 g/mol.